The number of aromatic carboxylic acids is 1. The van der Waals surface area contributed by atoms with E-state index in [-0.39, 0.29) is 24.9 Å². The molecule has 7 heteroatoms. The van der Waals surface area contributed by atoms with Crippen molar-refractivity contribution in [3.05, 3.63) is 34.9 Å². The van der Waals surface area contributed by atoms with Crippen LogP contribution in [0.1, 0.15) is 47.2 Å². The first-order chi connectivity index (χ1) is 11.8. The molecule has 2 aliphatic rings. The number of alkyl halides is 3. The molecule has 1 aromatic rings. The summed E-state index contributed by atoms with van der Waals surface area (Å²) < 4.78 is 39.8. The largest absolute Gasteiger partial charge is 0.478 e. The van der Waals surface area contributed by atoms with Gasteiger partial charge in [-0.05, 0) is 42.5 Å². The number of amides is 1. The van der Waals surface area contributed by atoms with Gasteiger partial charge in [0.1, 0.15) is 0 Å². The summed E-state index contributed by atoms with van der Waals surface area (Å²) in [5.74, 6) is -4.09. The second-order valence-corrected chi connectivity index (χ2v) is 6.84. The van der Waals surface area contributed by atoms with Crippen molar-refractivity contribution >= 4 is 11.9 Å². The zero-order valence-electron chi connectivity index (χ0n) is 13.7. The van der Waals surface area contributed by atoms with Crippen LogP contribution in [0.5, 0.6) is 0 Å². The molecule has 2 atom stereocenters. The minimum Gasteiger partial charge on any atom is -0.478 e. The summed E-state index contributed by atoms with van der Waals surface area (Å²) in [7, 11) is 0. The first-order valence-corrected chi connectivity index (χ1v) is 8.48. The van der Waals surface area contributed by atoms with Gasteiger partial charge in [0.2, 0.25) is 5.91 Å². The summed E-state index contributed by atoms with van der Waals surface area (Å²) in [6, 6.07) is 4.75. The van der Waals surface area contributed by atoms with Crippen LogP contribution in [0, 0.1) is 11.8 Å². The van der Waals surface area contributed by atoms with Crippen molar-refractivity contribution in [2.75, 3.05) is 6.54 Å². The molecule has 136 valence electrons. The number of halogens is 3. The summed E-state index contributed by atoms with van der Waals surface area (Å²) in [5.41, 5.74) is 1.78. The van der Waals surface area contributed by atoms with E-state index in [4.69, 9.17) is 5.11 Å². The molecule has 1 saturated carbocycles. The van der Waals surface area contributed by atoms with Crippen molar-refractivity contribution < 1.29 is 27.9 Å². The van der Waals surface area contributed by atoms with Gasteiger partial charge in [-0.25, -0.2) is 4.79 Å². The van der Waals surface area contributed by atoms with E-state index in [2.05, 4.69) is 0 Å². The fourth-order valence-corrected chi connectivity index (χ4v) is 3.93. The van der Waals surface area contributed by atoms with Crippen LogP contribution in [0.4, 0.5) is 13.2 Å². The molecule has 0 saturated heterocycles. The Labute approximate surface area is 143 Å². The number of benzene rings is 1. The van der Waals surface area contributed by atoms with Gasteiger partial charge in [0.15, 0.2) is 0 Å². The lowest BCUT2D eigenvalue weighted by molar-refractivity contribution is -0.201. The lowest BCUT2D eigenvalue weighted by Gasteiger charge is -2.37. The van der Waals surface area contributed by atoms with Gasteiger partial charge in [0.05, 0.1) is 11.5 Å². The van der Waals surface area contributed by atoms with E-state index < -0.39 is 29.9 Å². The molecule has 1 aliphatic carbocycles. The third-order valence-electron chi connectivity index (χ3n) is 5.28. The summed E-state index contributed by atoms with van der Waals surface area (Å²) in [6.45, 7) is 0.551. The van der Waals surface area contributed by atoms with E-state index in [9.17, 15) is 22.8 Å². The molecule has 1 aromatic carbocycles. The van der Waals surface area contributed by atoms with Crippen LogP contribution < -0.4 is 0 Å². The average molecular weight is 355 g/mol. The molecule has 1 heterocycles. The molecular weight excluding hydrogens is 335 g/mol. The first kappa shape index (κ1) is 17.8. The maximum atomic E-state index is 13.3. The Balaban J connectivity index is 1.79. The Kier molecular flexibility index (Phi) is 4.75. The first-order valence-electron chi connectivity index (χ1n) is 8.48. The monoisotopic (exact) mass is 355 g/mol. The molecule has 1 aliphatic heterocycles. The van der Waals surface area contributed by atoms with Gasteiger partial charge in [-0.2, -0.15) is 13.2 Å². The number of carboxylic acid groups (broad SMARTS) is 1. The third kappa shape index (κ3) is 3.65. The Morgan fingerprint density at radius 2 is 1.84 bits per heavy atom. The van der Waals surface area contributed by atoms with E-state index >= 15 is 0 Å². The topological polar surface area (TPSA) is 57.6 Å². The molecule has 0 radical (unpaired) electrons. The van der Waals surface area contributed by atoms with Gasteiger partial charge in [-0.3, -0.25) is 4.79 Å². The Hall–Kier alpha value is -2.05. The van der Waals surface area contributed by atoms with Crippen LogP contribution in [-0.2, 0) is 17.8 Å². The van der Waals surface area contributed by atoms with E-state index in [1.807, 2.05) is 0 Å². The zero-order chi connectivity index (χ0) is 18.2. The fourth-order valence-electron chi connectivity index (χ4n) is 3.93. The second-order valence-electron chi connectivity index (χ2n) is 6.84. The highest BCUT2D eigenvalue weighted by atomic mass is 19.4. The molecule has 1 N–H and O–H groups in total. The van der Waals surface area contributed by atoms with Crippen LogP contribution in [-0.4, -0.2) is 34.6 Å². The van der Waals surface area contributed by atoms with Gasteiger partial charge < -0.3 is 10.0 Å². The molecule has 0 spiro atoms. The van der Waals surface area contributed by atoms with Crippen molar-refractivity contribution in [2.24, 2.45) is 11.8 Å². The predicted octanol–water partition coefficient (Wildman–Crippen LogP) is 3.64. The van der Waals surface area contributed by atoms with E-state index in [0.29, 0.717) is 31.4 Å². The van der Waals surface area contributed by atoms with Gasteiger partial charge >= 0.3 is 12.1 Å². The van der Waals surface area contributed by atoms with Gasteiger partial charge in [0, 0.05) is 19.0 Å². The van der Waals surface area contributed by atoms with Crippen LogP contribution >= 0.6 is 0 Å². The van der Waals surface area contributed by atoms with Crippen LogP contribution in [0.2, 0.25) is 0 Å². The van der Waals surface area contributed by atoms with Crippen LogP contribution in [0.15, 0.2) is 18.2 Å². The van der Waals surface area contributed by atoms with Gasteiger partial charge in [0.25, 0.3) is 0 Å². The summed E-state index contributed by atoms with van der Waals surface area (Å²) >= 11 is 0. The Morgan fingerprint density at radius 3 is 2.52 bits per heavy atom. The second kappa shape index (κ2) is 6.69. The zero-order valence-corrected chi connectivity index (χ0v) is 13.7. The SMILES string of the molecule is O=C(O)c1ccc2c(c1)CN(C(=O)C1CCCCC1C(F)(F)F)CC2. The predicted molar refractivity (Wildman–Crippen MR) is 84.0 cm³/mol. The molecule has 25 heavy (non-hydrogen) atoms. The average Bonchev–Trinajstić information content (AvgIpc) is 2.59. The molecule has 0 bridgehead atoms. The number of carboxylic acids is 1. The molecule has 0 aromatic heterocycles. The highest BCUT2D eigenvalue weighted by molar-refractivity contribution is 5.88. The Morgan fingerprint density at radius 1 is 1.12 bits per heavy atom. The highest BCUT2D eigenvalue weighted by Gasteiger charge is 2.49. The number of rotatable bonds is 2. The van der Waals surface area contributed by atoms with Gasteiger partial charge in [-0.15, -0.1) is 0 Å². The van der Waals surface area contributed by atoms with Crippen molar-refractivity contribution in [3.63, 3.8) is 0 Å². The van der Waals surface area contributed by atoms with E-state index in [1.54, 1.807) is 6.07 Å². The van der Waals surface area contributed by atoms with Gasteiger partial charge in [-0.1, -0.05) is 18.9 Å². The number of hydrogen-bond acceptors (Lipinski definition) is 2. The minimum atomic E-state index is -4.36. The van der Waals surface area contributed by atoms with Crippen molar-refractivity contribution in [3.8, 4) is 0 Å². The van der Waals surface area contributed by atoms with E-state index in [1.165, 1.54) is 17.0 Å². The maximum absolute atomic E-state index is 13.3. The summed E-state index contributed by atoms with van der Waals surface area (Å²) in [6.07, 6.45) is -2.42. The molecule has 1 amide bonds. The lowest BCUT2D eigenvalue weighted by atomic mass is 9.77. The smallest absolute Gasteiger partial charge is 0.392 e. The number of nitrogens with zero attached hydrogens (tertiary/aromatic N) is 1. The Bertz CT molecular complexity index is 687. The van der Waals surface area contributed by atoms with Crippen LogP contribution in [0.25, 0.3) is 0 Å². The van der Waals surface area contributed by atoms with E-state index in [0.717, 1.165) is 5.56 Å². The van der Waals surface area contributed by atoms with Crippen molar-refractivity contribution in [1.82, 2.24) is 4.90 Å². The summed E-state index contributed by atoms with van der Waals surface area (Å²) in [5, 5.41) is 9.08. The van der Waals surface area contributed by atoms with Crippen molar-refractivity contribution in [2.45, 2.75) is 44.8 Å². The number of hydrogen-bond donors (Lipinski definition) is 1. The van der Waals surface area contributed by atoms with Crippen LogP contribution in [0.3, 0.4) is 0 Å². The standard InChI is InChI=1S/C18H20F3NO3/c19-18(20,21)15-4-2-1-3-14(15)16(23)22-8-7-11-5-6-12(17(24)25)9-13(11)10-22/h5-6,9,14-15H,1-4,7-8,10H2,(H,24,25). The molecular formula is C18H20F3NO3. The fraction of sp³-hybridized carbons (Fsp3) is 0.556. The quantitative estimate of drug-likeness (QED) is 0.881. The molecule has 2 unspecified atom stereocenters. The number of carbonyl (C=O) groups is 2. The highest BCUT2D eigenvalue weighted by Crippen LogP contribution is 2.42. The normalized spacial score (nSPS) is 23.9. The third-order valence-corrected chi connectivity index (χ3v) is 5.28. The maximum Gasteiger partial charge on any atom is 0.392 e. The lowest BCUT2D eigenvalue weighted by Crippen LogP contribution is -2.46. The van der Waals surface area contributed by atoms with Crippen molar-refractivity contribution in [1.29, 1.82) is 0 Å². The summed E-state index contributed by atoms with van der Waals surface area (Å²) in [4.78, 5) is 25.3. The minimum absolute atomic E-state index is 0.00744. The number of fused-ring (bicyclic) bond motifs is 1. The number of carbonyl (C=O) groups excluding carboxylic acids is 1. The molecule has 4 nitrogen and oxygen atoms in total. The molecule has 3 rings (SSSR count). The molecule has 1 fully saturated rings.